The van der Waals surface area contributed by atoms with Gasteiger partial charge in [0.25, 0.3) is 5.56 Å². The van der Waals surface area contributed by atoms with E-state index in [2.05, 4.69) is 5.10 Å². The number of benzene rings is 1. The Morgan fingerprint density at radius 3 is 2.79 bits per heavy atom. The number of nitrogens with two attached hydrogens (primary N) is 1. The molecule has 0 bridgehead atoms. The van der Waals surface area contributed by atoms with Crippen LogP contribution in [0.15, 0.2) is 41.2 Å². The van der Waals surface area contributed by atoms with Crippen molar-refractivity contribution in [1.29, 1.82) is 0 Å². The molecule has 0 amide bonds. The molecule has 0 aliphatic rings. The summed E-state index contributed by atoms with van der Waals surface area (Å²) in [5.41, 5.74) is 7.63. The number of methoxy groups -OCH3 is 1. The smallest absolute Gasteiger partial charge is 0.266 e. The van der Waals surface area contributed by atoms with Crippen LogP contribution < -0.4 is 16.0 Å². The van der Waals surface area contributed by atoms with Gasteiger partial charge in [-0.05, 0) is 19.1 Å². The molecule has 2 aromatic rings. The summed E-state index contributed by atoms with van der Waals surface area (Å²) in [5, 5.41) is 4.18. The molecule has 1 unspecified atom stereocenters. The molecule has 1 aromatic heterocycles. The zero-order valence-electron chi connectivity index (χ0n) is 11.0. The predicted octanol–water partition coefficient (Wildman–Crippen LogP) is 1.26. The number of para-hydroxylation sites is 1. The van der Waals surface area contributed by atoms with E-state index in [0.717, 1.165) is 17.0 Å². The second-order valence-corrected chi connectivity index (χ2v) is 4.34. The molecule has 5 heteroatoms. The lowest BCUT2D eigenvalue weighted by molar-refractivity contribution is 0.399. The molecule has 2 rings (SSSR count). The van der Waals surface area contributed by atoms with Gasteiger partial charge in [-0.15, -0.1) is 0 Å². The third-order valence-corrected chi connectivity index (χ3v) is 2.91. The number of nitrogens with zero attached hydrogens (tertiary/aromatic N) is 2. The zero-order chi connectivity index (χ0) is 13.8. The van der Waals surface area contributed by atoms with Crippen LogP contribution in [0.3, 0.4) is 0 Å². The molecule has 100 valence electrons. The lowest BCUT2D eigenvalue weighted by Crippen LogP contribution is -2.28. The van der Waals surface area contributed by atoms with Crippen molar-refractivity contribution < 1.29 is 4.74 Å². The van der Waals surface area contributed by atoms with Crippen molar-refractivity contribution in [3.8, 4) is 5.75 Å². The summed E-state index contributed by atoms with van der Waals surface area (Å²) >= 11 is 0. The van der Waals surface area contributed by atoms with Crippen molar-refractivity contribution in [2.75, 3.05) is 7.11 Å². The monoisotopic (exact) mass is 259 g/mol. The average molecular weight is 259 g/mol. The molecule has 0 radical (unpaired) electrons. The van der Waals surface area contributed by atoms with Gasteiger partial charge in [-0.1, -0.05) is 18.2 Å². The van der Waals surface area contributed by atoms with Crippen molar-refractivity contribution in [3.63, 3.8) is 0 Å². The Morgan fingerprint density at radius 1 is 1.32 bits per heavy atom. The Kier molecular flexibility index (Phi) is 3.97. The average Bonchev–Trinajstić information content (AvgIpc) is 2.42. The second kappa shape index (κ2) is 5.67. The Labute approximate surface area is 111 Å². The fourth-order valence-corrected chi connectivity index (χ4v) is 1.94. The summed E-state index contributed by atoms with van der Waals surface area (Å²) < 4.78 is 6.65. The van der Waals surface area contributed by atoms with E-state index in [4.69, 9.17) is 10.5 Å². The zero-order valence-corrected chi connectivity index (χ0v) is 11.0. The van der Waals surface area contributed by atoms with Crippen LogP contribution in [-0.2, 0) is 6.54 Å². The Morgan fingerprint density at radius 2 is 2.05 bits per heavy atom. The van der Waals surface area contributed by atoms with Crippen LogP contribution in [0.25, 0.3) is 0 Å². The van der Waals surface area contributed by atoms with Gasteiger partial charge in [0, 0.05) is 11.6 Å². The van der Waals surface area contributed by atoms with Crippen LogP contribution in [-0.4, -0.2) is 16.9 Å². The molecule has 0 aliphatic carbocycles. The van der Waals surface area contributed by atoms with Gasteiger partial charge in [-0.25, -0.2) is 4.68 Å². The van der Waals surface area contributed by atoms with Gasteiger partial charge in [0.05, 0.1) is 25.4 Å². The van der Waals surface area contributed by atoms with Crippen LogP contribution in [0.4, 0.5) is 0 Å². The fourth-order valence-electron chi connectivity index (χ4n) is 1.94. The lowest BCUT2D eigenvalue weighted by atomic mass is 10.1. The van der Waals surface area contributed by atoms with E-state index in [1.54, 1.807) is 13.2 Å². The molecule has 0 saturated carbocycles. The molecule has 0 spiro atoms. The van der Waals surface area contributed by atoms with E-state index in [9.17, 15) is 4.79 Å². The minimum atomic E-state index is -0.344. The first-order valence-corrected chi connectivity index (χ1v) is 6.05. The normalized spacial score (nSPS) is 12.2. The van der Waals surface area contributed by atoms with Crippen LogP contribution >= 0.6 is 0 Å². The SMILES string of the molecule is COc1ccccc1C(N)Cn1nc(C)ccc1=O. The molecule has 2 N–H and O–H groups in total. The maximum absolute atomic E-state index is 11.7. The number of aromatic nitrogens is 2. The predicted molar refractivity (Wildman–Crippen MR) is 73.2 cm³/mol. The first-order valence-electron chi connectivity index (χ1n) is 6.05. The van der Waals surface area contributed by atoms with E-state index in [-0.39, 0.29) is 11.6 Å². The van der Waals surface area contributed by atoms with Crippen LogP contribution in [0, 0.1) is 6.92 Å². The molecule has 0 aliphatic heterocycles. The topological polar surface area (TPSA) is 70.1 Å². The molecular weight excluding hydrogens is 242 g/mol. The highest BCUT2D eigenvalue weighted by molar-refractivity contribution is 5.35. The number of aryl methyl sites for hydroxylation is 1. The van der Waals surface area contributed by atoms with Gasteiger partial charge in [0.2, 0.25) is 0 Å². The quantitative estimate of drug-likeness (QED) is 0.897. The second-order valence-electron chi connectivity index (χ2n) is 4.34. The summed E-state index contributed by atoms with van der Waals surface area (Å²) in [6, 6.07) is 10.4. The molecule has 19 heavy (non-hydrogen) atoms. The van der Waals surface area contributed by atoms with Gasteiger partial charge < -0.3 is 10.5 Å². The summed E-state index contributed by atoms with van der Waals surface area (Å²) in [7, 11) is 1.60. The Hall–Kier alpha value is -2.14. The molecule has 1 aromatic carbocycles. The highest BCUT2D eigenvalue weighted by Crippen LogP contribution is 2.23. The maximum atomic E-state index is 11.7. The van der Waals surface area contributed by atoms with Gasteiger partial charge >= 0.3 is 0 Å². The highest BCUT2D eigenvalue weighted by atomic mass is 16.5. The van der Waals surface area contributed by atoms with Gasteiger partial charge in [0.15, 0.2) is 0 Å². The van der Waals surface area contributed by atoms with Crippen molar-refractivity contribution in [2.45, 2.75) is 19.5 Å². The summed E-state index contributed by atoms with van der Waals surface area (Å²) in [6.07, 6.45) is 0. The van der Waals surface area contributed by atoms with E-state index >= 15 is 0 Å². The number of hydrogen-bond acceptors (Lipinski definition) is 4. The minimum Gasteiger partial charge on any atom is -0.496 e. The van der Waals surface area contributed by atoms with Crippen LogP contribution in [0.5, 0.6) is 5.75 Å². The first kappa shape index (κ1) is 13.3. The largest absolute Gasteiger partial charge is 0.496 e. The summed E-state index contributed by atoms with van der Waals surface area (Å²) in [5.74, 6) is 0.718. The Balaban J connectivity index is 2.28. The minimum absolute atomic E-state index is 0.157. The number of hydrogen-bond donors (Lipinski definition) is 1. The first-order chi connectivity index (χ1) is 9.11. The summed E-state index contributed by atoms with van der Waals surface area (Å²) in [6.45, 7) is 2.16. The molecule has 1 heterocycles. The van der Waals surface area contributed by atoms with E-state index in [0.29, 0.717) is 6.54 Å². The van der Waals surface area contributed by atoms with Gasteiger partial charge in [-0.3, -0.25) is 4.79 Å². The molecule has 0 saturated heterocycles. The summed E-state index contributed by atoms with van der Waals surface area (Å²) in [4.78, 5) is 11.7. The third-order valence-electron chi connectivity index (χ3n) is 2.91. The lowest BCUT2D eigenvalue weighted by Gasteiger charge is -2.16. The van der Waals surface area contributed by atoms with Crippen LogP contribution in [0.2, 0.25) is 0 Å². The molecule has 5 nitrogen and oxygen atoms in total. The maximum Gasteiger partial charge on any atom is 0.266 e. The van der Waals surface area contributed by atoms with E-state index in [1.165, 1.54) is 10.7 Å². The Bertz CT molecular complexity index is 622. The molecular formula is C14H17N3O2. The van der Waals surface area contributed by atoms with Crippen molar-refractivity contribution in [3.05, 3.63) is 58.0 Å². The standard InChI is InChI=1S/C14H17N3O2/c1-10-7-8-14(18)17(16-10)9-12(15)11-5-3-4-6-13(11)19-2/h3-8,12H,9,15H2,1-2H3. The fraction of sp³-hybridized carbons (Fsp3) is 0.286. The third kappa shape index (κ3) is 3.00. The van der Waals surface area contributed by atoms with Gasteiger partial charge in [-0.2, -0.15) is 5.10 Å². The van der Waals surface area contributed by atoms with E-state index in [1.807, 2.05) is 31.2 Å². The van der Waals surface area contributed by atoms with Gasteiger partial charge in [0.1, 0.15) is 5.75 Å². The van der Waals surface area contributed by atoms with Crippen molar-refractivity contribution >= 4 is 0 Å². The van der Waals surface area contributed by atoms with Crippen molar-refractivity contribution in [2.24, 2.45) is 5.73 Å². The molecule has 0 fully saturated rings. The van der Waals surface area contributed by atoms with Crippen molar-refractivity contribution in [1.82, 2.24) is 9.78 Å². The van der Waals surface area contributed by atoms with Crippen LogP contribution in [0.1, 0.15) is 17.3 Å². The van der Waals surface area contributed by atoms with E-state index < -0.39 is 0 Å². The highest BCUT2D eigenvalue weighted by Gasteiger charge is 2.13. The number of ether oxygens (including phenoxy) is 1. The molecule has 1 atom stereocenters. The number of rotatable bonds is 4.